The number of hydrogen-bond acceptors (Lipinski definition) is 6. The van der Waals surface area contributed by atoms with Crippen LogP contribution in [0.25, 0.3) is 0 Å². The summed E-state index contributed by atoms with van der Waals surface area (Å²) < 4.78 is 5.50. The molecular weight excluding hydrogens is 536 g/mol. The molecule has 4 amide bonds. The van der Waals surface area contributed by atoms with E-state index >= 15 is 0 Å². The van der Waals surface area contributed by atoms with E-state index in [1.807, 2.05) is 0 Å². The van der Waals surface area contributed by atoms with E-state index in [1.54, 1.807) is 31.7 Å². The van der Waals surface area contributed by atoms with Crippen LogP contribution in [0.3, 0.4) is 0 Å². The molecular formula is C32H50N4O6. The molecule has 10 heteroatoms. The van der Waals surface area contributed by atoms with Crippen molar-refractivity contribution in [1.82, 2.24) is 20.9 Å². The van der Waals surface area contributed by atoms with Crippen molar-refractivity contribution in [2.75, 3.05) is 13.1 Å². The maximum atomic E-state index is 14.2. The van der Waals surface area contributed by atoms with Gasteiger partial charge in [-0.25, -0.2) is 4.79 Å². The Morgan fingerprint density at radius 2 is 1.69 bits per heavy atom. The normalized spacial score (nSPS) is 24.4. The summed E-state index contributed by atoms with van der Waals surface area (Å²) in [6.07, 6.45) is 8.60. The number of alkyl carbamates (subject to hydrolysis) is 1. The van der Waals surface area contributed by atoms with E-state index < -0.39 is 47.4 Å². The van der Waals surface area contributed by atoms with Gasteiger partial charge in [0, 0.05) is 13.1 Å². The molecule has 1 unspecified atom stereocenters. The number of nitrogens with zero attached hydrogens (tertiary/aromatic N) is 1. The SMILES string of the molecule is C=CCCCC(NC(=O)[C@@H]1[C@@H]2[C@H](CN1C(=O)[C@@H](NC(=O)OC(C)(C)C)C1CCCCC1)C2(C)C)C(=O)C(=O)NCC=C. The molecule has 234 valence electrons. The minimum absolute atomic E-state index is 0.0609. The van der Waals surface area contributed by atoms with Crippen molar-refractivity contribution in [2.45, 2.75) is 110 Å². The first-order valence-electron chi connectivity index (χ1n) is 15.4. The van der Waals surface area contributed by atoms with E-state index in [0.717, 1.165) is 32.1 Å². The van der Waals surface area contributed by atoms with Gasteiger partial charge < -0.3 is 25.6 Å². The predicted molar refractivity (Wildman–Crippen MR) is 160 cm³/mol. The van der Waals surface area contributed by atoms with Crippen LogP contribution in [0.1, 0.15) is 86.0 Å². The van der Waals surface area contributed by atoms with Crippen LogP contribution >= 0.6 is 0 Å². The number of unbranched alkanes of at least 4 members (excludes halogenated alkanes) is 1. The lowest BCUT2D eigenvalue weighted by Gasteiger charge is -2.37. The maximum Gasteiger partial charge on any atom is 0.408 e. The van der Waals surface area contributed by atoms with Gasteiger partial charge >= 0.3 is 6.09 Å². The Bertz CT molecular complexity index is 1060. The third kappa shape index (κ3) is 8.01. The highest BCUT2D eigenvalue weighted by atomic mass is 16.6. The van der Waals surface area contributed by atoms with Gasteiger partial charge in [0.15, 0.2) is 0 Å². The molecule has 1 saturated heterocycles. The van der Waals surface area contributed by atoms with Crippen molar-refractivity contribution in [1.29, 1.82) is 0 Å². The fourth-order valence-electron chi connectivity index (χ4n) is 6.68. The second-order valence-electron chi connectivity index (χ2n) is 13.6. The summed E-state index contributed by atoms with van der Waals surface area (Å²) in [7, 11) is 0. The van der Waals surface area contributed by atoms with Crippen molar-refractivity contribution in [2.24, 2.45) is 23.2 Å². The highest BCUT2D eigenvalue weighted by Gasteiger charge is 2.69. The fourth-order valence-corrected chi connectivity index (χ4v) is 6.68. The molecule has 5 atom stereocenters. The number of hydrogen-bond donors (Lipinski definition) is 3. The molecule has 3 aliphatic rings. The number of piperidine rings is 1. The number of rotatable bonds is 13. The third-order valence-corrected chi connectivity index (χ3v) is 8.98. The summed E-state index contributed by atoms with van der Waals surface area (Å²) in [6.45, 7) is 17.3. The van der Waals surface area contributed by atoms with Gasteiger partial charge in [0.1, 0.15) is 17.7 Å². The number of ketones is 1. The molecule has 0 radical (unpaired) electrons. The quantitative estimate of drug-likeness (QED) is 0.171. The molecule has 0 aromatic heterocycles. The number of carbonyl (C=O) groups is 5. The summed E-state index contributed by atoms with van der Waals surface area (Å²) in [5.74, 6) is -2.30. The first-order chi connectivity index (χ1) is 19.7. The van der Waals surface area contributed by atoms with E-state index in [-0.39, 0.29) is 42.0 Å². The number of ether oxygens (including phenoxy) is 1. The highest BCUT2D eigenvalue weighted by molar-refractivity contribution is 6.38. The lowest BCUT2D eigenvalue weighted by molar-refractivity contribution is -0.145. The minimum atomic E-state index is -1.03. The standard InChI is InChI=1S/C32H50N4O6/c1-8-10-12-17-22(26(37)28(39)33-18-9-2)34-27(38)25-23-21(32(23,6)7)19-36(25)29(40)24(20-15-13-11-14-16-20)35-30(41)42-31(3,4)5/h8-9,20-25H,1-2,10-19H2,3-7H3,(H,33,39)(H,34,38)(H,35,41)/t21-,22?,23-,24-,25-/m0/s1. The zero-order valence-electron chi connectivity index (χ0n) is 26.0. The van der Waals surface area contributed by atoms with Crippen LogP contribution < -0.4 is 16.0 Å². The molecule has 2 aliphatic carbocycles. The van der Waals surface area contributed by atoms with E-state index in [2.05, 4.69) is 43.0 Å². The second kappa shape index (κ2) is 13.9. The minimum Gasteiger partial charge on any atom is -0.444 e. The Kier molecular flexibility index (Phi) is 11.0. The third-order valence-electron chi connectivity index (χ3n) is 8.98. The number of amides is 4. The van der Waals surface area contributed by atoms with Crippen LogP contribution in [0, 0.1) is 23.2 Å². The smallest absolute Gasteiger partial charge is 0.408 e. The summed E-state index contributed by atoms with van der Waals surface area (Å²) in [4.78, 5) is 68.1. The molecule has 2 saturated carbocycles. The van der Waals surface area contributed by atoms with Gasteiger partial charge in [-0.2, -0.15) is 0 Å². The fraction of sp³-hybridized carbons (Fsp3) is 0.719. The number of allylic oxidation sites excluding steroid dienone is 1. The predicted octanol–water partition coefficient (Wildman–Crippen LogP) is 3.66. The monoisotopic (exact) mass is 586 g/mol. The summed E-state index contributed by atoms with van der Waals surface area (Å²) in [5, 5.41) is 8.17. The second-order valence-corrected chi connectivity index (χ2v) is 13.6. The molecule has 10 nitrogen and oxygen atoms in total. The van der Waals surface area contributed by atoms with Crippen LogP contribution in [0.15, 0.2) is 25.3 Å². The van der Waals surface area contributed by atoms with Gasteiger partial charge in [-0.1, -0.05) is 45.3 Å². The molecule has 3 N–H and O–H groups in total. The Labute approximate surface area is 250 Å². The topological polar surface area (TPSA) is 134 Å². The number of likely N-dealkylation sites (tertiary alicyclic amines) is 1. The summed E-state index contributed by atoms with van der Waals surface area (Å²) in [6, 6.07) is -2.66. The Morgan fingerprint density at radius 1 is 1.02 bits per heavy atom. The van der Waals surface area contributed by atoms with Gasteiger partial charge in [-0.3, -0.25) is 19.2 Å². The van der Waals surface area contributed by atoms with Crippen LogP contribution in [0.2, 0.25) is 0 Å². The van der Waals surface area contributed by atoms with Crippen LogP contribution in [0.5, 0.6) is 0 Å². The Morgan fingerprint density at radius 3 is 2.29 bits per heavy atom. The Hall–Kier alpha value is -3.17. The van der Waals surface area contributed by atoms with E-state index in [0.29, 0.717) is 19.4 Å². The average molecular weight is 587 g/mol. The first kappa shape index (κ1) is 33.3. The van der Waals surface area contributed by atoms with E-state index in [1.165, 1.54) is 6.08 Å². The van der Waals surface area contributed by atoms with Crippen molar-refractivity contribution in [3.63, 3.8) is 0 Å². The highest BCUT2D eigenvalue weighted by Crippen LogP contribution is 2.65. The van der Waals surface area contributed by atoms with Gasteiger partial charge in [0.05, 0.1) is 6.04 Å². The summed E-state index contributed by atoms with van der Waals surface area (Å²) >= 11 is 0. The molecule has 0 aromatic carbocycles. The molecule has 3 rings (SSSR count). The number of carbonyl (C=O) groups excluding carboxylic acids is 5. The van der Waals surface area contributed by atoms with E-state index in [4.69, 9.17) is 4.74 Å². The zero-order valence-corrected chi connectivity index (χ0v) is 26.0. The molecule has 0 spiro atoms. The molecule has 3 fully saturated rings. The maximum absolute atomic E-state index is 14.2. The average Bonchev–Trinajstić information content (AvgIpc) is 3.24. The largest absolute Gasteiger partial charge is 0.444 e. The van der Waals surface area contributed by atoms with Gasteiger partial charge in [0.25, 0.3) is 5.91 Å². The van der Waals surface area contributed by atoms with Crippen molar-refractivity contribution in [3.8, 4) is 0 Å². The van der Waals surface area contributed by atoms with Crippen molar-refractivity contribution >= 4 is 29.6 Å². The van der Waals surface area contributed by atoms with Crippen molar-refractivity contribution in [3.05, 3.63) is 25.3 Å². The zero-order chi connectivity index (χ0) is 31.2. The van der Waals surface area contributed by atoms with Gasteiger partial charge in [0.2, 0.25) is 17.6 Å². The first-order valence-corrected chi connectivity index (χ1v) is 15.4. The molecule has 42 heavy (non-hydrogen) atoms. The number of nitrogens with one attached hydrogen (secondary N) is 3. The molecule has 0 bridgehead atoms. The molecule has 1 aliphatic heterocycles. The molecule has 0 aromatic rings. The van der Waals surface area contributed by atoms with Crippen molar-refractivity contribution < 1.29 is 28.7 Å². The van der Waals surface area contributed by atoms with Crippen LogP contribution in [-0.4, -0.2) is 71.3 Å². The number of fused-ring (bicyclic) bond motifs is 1. The van der Waals surface area contributed by atoms with E-state index in [9.17, 15) is 24.0 Å². The molecule has 1 heterocycles. The summed E-state index contributed by atoms with van der Waals surface area (Å²) in [5.41, 5.74) is -0.877. The lowest BCUT2D eigenvalue weighted by atomic mass is 9.83. The number of Topliss-reactive ketones (excluding diaryl/α,β-unsaturated/α-hetero) is 1. The lowest BCUT2D eigenvalue weighted by Crippen LogP contribution is -2.59. The van der Waals surface area contributed by atoms with Gasteiger partial charge in [-0.15, -0.1) is 13.2 Å². The van der Waals surface area contributed by atoms with Gasteiger partial charge in [-0.05, 0) is 76.0 Å². The van der Waals surface area contributed by atoms with Crippen LogP contribution in [0.4, 0.5) is 4.79 Å². The Balaban J connectivity index is 1.85. The van der Waals surface area contributed by atoms with Crippen LogP contribution in [-0.2, 0) is 23.9 Å².